The maximum absolute atomic E-state index is 15.1. The molecule has 2 aromatic carbocycles. The molecule has 0 saturated carbocycles. The van der Waals surface area contributed by atoms with E-state index in [1.807, 2.05) is 12.1 Å². The maximum atomic E-state index is 15.1. The van der Waals surface area contributed by atoms with Crippen LogP contribution in [-0.4, -0.2) is 23.2 Å². The Kier molecular flexibility index (Phi) is 6.46. The number of hydrogen-bond acceptors (Lipinski definition) is 4. The topological polar surface area (TPSA) is 54.4 Å². The lowest BCUT2D eigenvalue weighted by atomic mass is 9.98. The van der Waals surface area contributed by atoms with E-state index in [2.05, 4.69) is 10.3 Å². The van der Waals surface area contributed by atoms with E-state index < -0.39 is 23.4 Å². The van der Waals surface area contributed by atoms with Crippen LogP contribution in [0.4, 0.5) is 8.78 Å². The van der Waals surface area contributed by atoms with E-state index in [4.69, 9.17) is 9.84 Å². The number of hydrogen-bond donors (Lipinski definition) is 2. The number of halogens is 2. The fraction of sp³-hybridized carbons (Fsp3) is 0.190. The highest BCUT2D eigenvalue weighted by Crippen LogP contribution is 2.33. The summed E-state index contributed by atoms with van der Waals surface area (Å²) >= 11 is 0. The summed E-state index contributed by atoms with van der Waals surface area (Å²) in [4.78, 5) is 3.97. The predicted molar refractivity (Wildman–Crippen MR) is 98.6 cm³/mol. The molecule has 140 valence electrons. The quantitative estimate of drug-likeness (QED) is 0.629. The van der Waals surface area contributed by atoms with Gasteiger partial charge < -0.3 is 15.2 Å². The molecule has 0 unspecified atom stereocenters. The highest BCUT2D eigenvalue weighted by Gasteiger charge is 2.22. The average molecular weight is 370 g/mol. The van der Waals surface area contributed by atoms with Crippen molar-refractivity contribution < 1.29 is 18.6 Å². The molecule has 0 aliphatic carbocycles. The molecule has 27 heavy (non-hydrogen) atoms. The summed E-state index contributed by atoms with van der Waals surface area (Å²) in [5, 5.41) is 12.2. The molecule has 1 aromatic heterocycles. The van der Waals surface area contributed by atoms with Gasteiger partial charge in [0.05, 0.1) is 6.61 Å². The summed E-state index contributed by atoms with van der Waals surface area (Å²) in [7, 11) is 0. The van der Waals surface area contributed by atoms with Crippen molar-refractivity contribution in [1.29, 1.82) is 0 Å². The zero-order valence-electron chi connectivity index (χ0n) is 14.6. The molecule has 4 nitrogen and oxygen atoms in total. The molecule has 0 saturated heterocycles. The molecule has 1 heterocycles. The van der Waals surface area contributed by atoms with Crippen LogP contribution in [0.15, 0.2) is 67.0 Å². The van der Waals surface area contributed by atoms with Gasteiger partial charge in [0.25, 0.3) is 0 Å². The number of rotatable bonds is 8. The minimum absolute atomic E-state index is 0.0942. The largest absolute Gasteiger partial charge is 0.451 e. The number of pyridine rings is 1. The van der Waals surface area contributed by atoms with Gasteiger partial charge in [-0.05, 0) is 42.3 Å². The van der Waals surface area contributed by atoms with Gasteiger partial charge >= 0.3 is 0 Å². The number of ether oxygens (including phenoxy) is 1. The lowest BCUT2D eigenvalue weighted by molar-refractivity contribution is 0.283. The third-order valence-corrected chi connectivity index (χ3v) is 4.11. The number of nitrogens with zero attached hydrogens (tertiary/aromatic N) is 1. The second-order valence-electron chi connectivity index (χ2n) is 5.98. The van der Waals surface area contributed by atoms with E-state index in [0.29, 0.717) is 12.2 Å². The van der Waals surface area contributed by atoms with Gasteiger partial charge in [-0.2, -0.15) is 0 Å². The van der Waals surface area contributed by atoms with Gasteiger partial charge in [0.1, 0.15) is 5.75 Å². The average Bonchev–Trinajstić information content (AvgIpc) is 2.70. The molecule has 0 bridgehead atoms. The zero-order valence-corrected chi connectivity index (χ0v) is 14.6. The first-order valence-electron chi connectivity index (χ1n) is 8.63. The highest BCUT2D eigenvalue weighted by molar-refractivity contribution is 5.38. The molecule has 0 fully saturated rings. The lowest BCUT2D eigenvalue weighted by Crippen LogP contribution is -2.27. The van der Waals surface area contributed by atoms with Crippen molar-refractivity contribution in [3.63, 3.8) is 0 Å². The van der Waals surface area contributed by atoms with Crippen LogP contribution in [-0.2, 0) is 6.42 Å². The van der Waals surface area contributed by atoms with Crippen molar-refractivity contribution in [2.75, 3.05) is 13.2 Å². The van der Waals surface area contributed by atoms with Crippen LogP contribution >= 0.6 is 0 Å². The van der Waals surface area contributed by atoms with Gasteiger partial charge in [0.15, 0.2) is 17.4 Å². The molecule has 3 aromatic rings. The molecular weight excluding hydrogens is 350 g/mol. The van der Waals surface area contributed by atoms with Crippen molar-refractivity contribution in [3.05, 3.63) is 89.8 Å². The molecule has 0 aliphatic heterocycles. The van der Waals surface area contributed by atoms with E-state index in [1.165, 1.54) is 12.1 Å². The SMILES string of the molecule is OCCN[C@H](Cc1ccncc1)c1ccc(F)c(Oc2ccccc2)c1F. The van der Waals surface area contributed by atoms with E-state index >= 15 is 4.39 Å². The van der Waals surface area contributed by atoms with Crippen LogP contribution in [0.25, 0.3) is 0 Å². The van der Waals surface area contributed by atoms with Crippen LogP contribution < -0.4 is 10.1 Å². The predicted octanol–water partition coefficient (Wildman–Crippen LogP) is 4.02. The molecule has 1 atom stereocenters. The van der Waals surface area contributed by atoms with Crippen molar-refractivity contribution >= 4 is 0 Å². The van der Waals surface area contributed by atoms with Gasteiger partial charge in [-0.15, -0.1) is 0 Å². The first-order valence-corrected chi connectivity index (χ1v) is 8.63. The molecule has 0 amide bonds. The molecule has 6 heteroatoms. The Morgan fingerprint density at radius 1 is 1.00 bits per heavy atom. The van der Waals surface area contributed by atoms with E-state index in [9.17, 15) is 4.39 Å². The number of aliphatic hydroxyl groups is 1. The van der Waals surface area contributed by atoms with Gasteiger partial charge in [-0.3, -0.25) is 4.98 Å². The van der Waals surface area contributed by atoms with Crippen LogP contribution in [0.5, 0.6) is 11.5 Å². The zero-order chi connectivity index (χ0) is 19.1. The van der Waals surface area contributed by atoms with Crippen LogP contribution in [0, 0.1) is 11.6 Å². The number of para-hydroxylation sites is 1. The van der Waals surface area contributed by atoms with Crippen LogP contribution in [0.2, 0.25) is 0 Å². The number of aliphatic hydroxyl groups excluding tert-OH is 1. The summed E-state index contributed by atoms with van der Waals surface area (Å²) in [5.41, 5.74) is 1.21. The van der Waals surface area contributed by atoms with Crippen molar-refractivity contribution in [2.24, 2.45) is 0 Å². The number of benzene rings is 2. The van der Waals surface area contributed by atoms with Crippen molar-refractivity contribution in [1.82, 2.24) is 10.3 Å². The normalized spacial score (nSPS) is 12.0. The number of aromatic nitrogens is 1. The first-order chi connectivity index (χ1) is 13.2. The summed E-state index contributed by atoms with van der Waals surface area (Å²) in [5.74, 6) is -1.63. The second kappa shape index (κ2) is 9.21. The summed E-state index contributed by atoms with van der Waals surface area (Å²) in [6.45, 7) is 0.185. The molecule has 3 rings (SSSR count). The Morgan fingerprint density at radius 3 is 2.44 bits per heavy atom. The number of nitrogens with one attached hydrogen (secondary N) is 1. The Balaban J connectivity index is 1.93. The first kappa shape index (κ1) is 18.9. The standard InChI is InChI=1S/C21H20F2N2O2/c22-18-7-6-17(20(23)21(18)27-16-4-2-1-3-5-16)19(25-12-13-26)14-15-8-10-24-11-9-15/h1-11,19,25-26H,12-14H2/t19-/m1/s1. The van der Waals surface area contributed by atoms with Gasteiger partial charge in [-0.1, -0.05) is 24.3 Å². The third-order valence-electron chi connectivity index (χ3n) is 4.11. The maximum Gasteiger partial charge on any atom is 0.198 e. The Labute approximate surface area is 156 Å². The summed E-state index contributed by atoms with van der Waals surface area (Å²) < 4.78 is 34.8. The minimum Gasteiger partial charge on any atom is -0.451 e. The van der Waals surface area contributed by atoms with Gasteiger partial charge in [-0.25, -0.2) is 8.78 Å². The highest BCUT2D eigenvalue weighted by atomic mass is 19.1. The Bertz CT molecular complexity index is 861. The fourth-order valence-electron chi connectivity index (χ4n) is 2.80. The van der Waals surface area contributed by atoms with Crippen LogP contribution in [0.1, 0.15) is 17.2 Å². The van der Waals surface area contributed by atoms with E-state index in [-0.39, 0.29) is 18.7 Å². The minimum atomic E-state index is -0.773. The third kappa shape index (κ3) is 4.87. The fourth-order valence-corrected chi connectivity index (χ4v) is 2.80. The second-order valence-corrected chi connectivity index (χ2v) is 5.98. The Morgan fingerprint density at radius 2 is 1.74 bits per heavy atom. The molecule has 0 radical (unpaired) electrons. The van der Waals surface area contributed by atoms with Crippen LogP contribution in [0.3, 0.4) is 0 Å². The van der Waals surface area contributed by atoms with Crippen molar-refractivity contribution in [3.8, 4) is 11.5 Å². The van der Waals surface area contributed by atoms with Crippen molar-refractivity contribution in [2.45, 2.75) is 12.5 Å². The van der Waals surface area contributed by atoms with E-state index in [1.54, 1.807) is 42.7 Å². The molecule has 0 aliphatic rings. The smallest absolute Gasteiger partial charge is 0.198 e. The molecular formula is C21H20F2N2O2. The molecule has 2 N–H and O–H groups in total. The molecule has 0 spiro atoms. The Hall–Kier alpha value is -2.83. The summed E-state index contributed by atoms with van der Waals surface area (Å²) in [6.07, 6.45) is 3.77. The van der Waals surface area contributed by atoms with E-state index in [0.717, 1.165) is 5.56 Å². The summed E-state index contributed by atoms with van der Waals surface area (Å²) in [6, 6.07) is 14.3. The van der Waals surface area contributed by atoms with Gasteiger partial charge in [0.2, 0.25) is 0 Å². The lowest BCUT2D eigenvalue weighted by Gasteiger charge is -2.21. The monoisotopic (exact) mass is 370 g/mol. The van der Waals surface area contributed by atoms with Gasteiger partial charge in [0, 0.05) is 30.5 Å².